The van der Waals surface area contributed by atoms with Crippen LogP contribution in [0.4, 0.5) is 5.69 Å². The van der Waals surface area contributed by atoms with Crippen LogP contribution in [-0.4, -0.2) is 42.2 Å². The second-order valence-corrected chi connectivity index (χ2v) is 10.3. The fraction of sp³-hybridized carbons (Fsp3) is 0.269. The third-order valence-corrected chi connectivity index (χ3v) is 7.61. The Bertz CT molecular complexity index is 1340. The minimum Gasteiger partial charge on any atom is -0.493 e. The molecule has 36 heavy (non-hydrogen) atoms. The molecule has 0 aromatic heterocycles. The number of sulfonamides is 1. The molecule has 0 bridgehead atoms. The second kappa shape index (κ2) is 11.5. The highest BCUT2D eigenvalue weighted by Gasteiger charge is 2.28. The minimum atomic E-state index is -4.07. The van der Waals surface area contributed by atoms with Crippen LogP contribution in [0.25, 0.3) is 0 Å². The molecule has 0 aliphatic rings. The Balaban J connectivity index is 1.92. The number of aryl methyl sites for hydroxylation is 2. The van der Waals surface area contributed by atoms with Gasteiger partial charge in [0.25, 0.3) is 10.0 Å². The highest BCUT2D eigenvalue weighted by Crippen LogP contribution is 2.39. The molecule has 1 N–H and O–H groups in total. The van der Waals surface area contributed by atoms with Crippen molar-refractivity contribution in [3.63, 3.8) is 0 Å². The monoisotopic (exact) mass is 532 g/mol. The Morgan fingerprint density at radius 1 is 0.917 bits per heavy atom. The Morgan fingerprint density at radius 2 is 1.58 bits per heavy atom. The van der Waals surface area contributed by atoms with Gasteiger partial charge in [-0.05, 0) is 55.8 Å². The predicted octanol–water partition coefficient (Wildman–Crippen LogP) is 4.49. The Kier molecular flexibility index (Phi) is 8.70. The van der Waals surface area contributed by atoms with Gasteiger partial charge in [-0.3, -0.25) is 9.10 Å². The molecule has 0 unspecified atom stereocenters. The van der Waals surface area contributed by atoms with E-state index in [1.54, 1.807) is 43.3 Å². The number of carbonyl (C=O) groups excluding carboxylic acids is 1. The smallest absolute Gasteiger partial charge is 0.264 e. The third kappa shape index (κ3) is 5.85. The summed E-state index contributed by atoms with van der Waals surface area (Å²) in [4.78, 5) is 13.1. The zero-order valence-corrected chi connectivity index (χ0v) is 22.4. The molecule has 0 saturated heterocycles. The average Bonchev–Trinajstić information content (AvgIpc) is 2.86. The lowest BCUT2D eigenvalue weighted by atomic mass is 10.1. The van der Waals surface area contributed by atoms with Crippen LogP contribution in [0.5, 0.6) is 17.2 Å². The Labute approximate surface area is 216 Å². The molecule has 3 rings (SSSR count). The van der Waals surface area contributed by atoms with Crippen molar-refractivity contribution < 1.29 is 27.4 Å². The standard InChI is InChI=1S/C26H29ClN2O6S/c1-17-6-11-21(12-7-17)36(31,32)29(22-14-20(27)10-8-18(22)2)16-24(30)28-15-19-9-13-23(33-3)26(35-5)25(19)34-4/h6-14H,15-16H2,1-5H3,(H,28,30). The lowest BCUT2D eigenvalue weighted by molar-refractivity contribution is -0.119. The molecule has 0 radical (unpaired) electrons. The van der Waals surface area contributed by atoms with Gasteiger partial charge in [0.2, 0.25) is 11.7 Å². The van der Waals surface area contributed by atoms with Gasteiger partial charge in [-0.2, -0.15) is 0 Å². The number of ether oxygens (including phenoxy) is 3. The molecule has 1 amide bonds. The second-order valence-electron chi connectivity index (χ2n) is 8.03. The first-order valence-electron chi connectivity index (χ1n) is 11.0. The number of carbonyl (C=O) groups is 1. The number of halogens is 1. The highest BCUT2D eigenvalue weighted by atomic mass is 35.5. The number of nitrogens with one attached hydrogen (secondary N) is 1. The molecule has 0 atom stereocenters. The summed E-state index contributed by atoms with van der Waals surface area (Å²) < 4.78 is 44.5. The van der Waals surface area contributed by atoms with E-state index >= 15 is 0 Å². The third-order valence-electron chi connectivity index (χ3n) is 5.60. The first kappa shape index (κ1) is 27.2. The van der Waals surface area contributed by atoms with Gasteiger partial charge in [0.05, 0.1) is 31.9 Å². The normalized spacial score (nSPS) is 11.1. The van der Waals surface area contributed by atoms with Gasteiger partial charge in [0.1, 0.15) is 6.54 Å². The van der Waals surface area contributed by atoms with Crippen molar-refractivity contribution in [2.24, 2.45) is 0 Å². The van der Waals surface area contributed by atoms with Crippen molar-refractivity contribution in [1.29, 1.82) is 0 Å². The Morgan fingerprint density at radius 3 is 2.19 bits per heavy atom. The zero-order chi connectivity index (χ0) is 26.5. The van der Waals surface area contributed by atoms with Crippen molar-refractivity contribution in [3.8, 4) is 17.2 Å². The molecular weight excluding hydrogens is 504 g/mol. The molecule has 0 aliphatic heterocycles. The summed E-state index contributed by atoms with van der Waals surface area (Å²) in [6.45, 7) is 3.25. The van der Waals surface area contributed by atoms with Crippen LogP contribution in [0.15, 0.2) is 59.5 Å². The topological polar surface area (TPSA) is 94.2 Å². The number of rotatable bonds is 10. The van der Waals surface area contributed by atoms with E-state index in [1.807, 2.05) is 6.92 Å². The number of nitrogens with zero attached hydrogens (tertiary/aromatic N) is 1. The first-order valence-corrected chi connectivity index (χ1v) is 12.8. The SMILES string of the molecule is COc1ccc(CNC(=O)CN(c2cc(Cl)ccc2C)S(=O)(=O)c2ccc(C)cc2)c(OC)c1OC. The van der Waals surface area contributed by atoms with E-state index < -0.39 is 22.5 Å². The van der Waals surface area contributed by atoms with Gasteiger partial charge in [0.15, 0.2) is 11.5 Å². The summed E-state index contributed by atoms with van der Waals surface area (Å²) in [6, 6.07) is 14.8. The predicted molar refractivity (Wildman–Crippen MR) is 140 cm³/mol. The molecule has 8 nitrogen and oxygen atoms in total. The molecule has 0 spiro atoms. The molecule has 3 aromatic carbocycles. The van der Waals surface area contributed by atoms with E-state index in [2.05, 4.69) is 5.32 Å². The quantitative estimate of drug-likeness (QED) is 0.413. The Hall–Kier alpha value is -3.43. The summed E-state index contributed by atoms with van der Waals surface area (Å²) in [5.74, 6) is 0.773. The summed E-state index contributed by atoms with van der Waals surface area (Å²) >= 11 is 6.18. The number of amides is 1. The van der Waals surface area contributed by atoms with Gasteiger partial charge in [-0.25, -0.2) is 8.42 Å². The van der Waals surface area contributed by atoms with Crippen LogP contribution in [-0.2, 0) is 21.4 Å². The summed E-state index contributed by atoms with van der Waals surface area (Å²) in [6.07, 6.45) is 0. The van der Waals surface area contributed by atoms with Gasteiger partial charge in [-0.1, -0.05) is 35.4 Å². The molecule has 0 heterocycles. The number of benzene rings is 3. The van der Waals surface area contributed by atoms with Crippen LogP contribution in [0.3, 0.4) is 0 Å². The van der Waals surface area contributed by atoms with E-state index in [0.29, 0.717) is 39.1 Å². The van der Waals surface area contributed by atoms with Gasteiger partial charge < -0.3 is 19.5 Å². The van der Waals surface area contributed by atoms with E-state index in [1.165, 1.54) is 39.5 Å². The first-order chi connectivity index (χ1) is 17.1. The van der Waals surface area contributed by atoms with Crippen LogP contribution < -0.4 is 23.8 Å². The number of hydrogen-bond acceptors (Lipinski definition) is 6. The summed E-state index contributed by atoms with van der Waals surface area (Å²) in [5, 5.41) is 3.13. The molecule has 0 aliphatic carbocycles. The van der Waals surface area contributed by atoms with Crippen molar-refractivity contribution in [3.05, 3.63) is 76.3 Å². The maximum absolute atomic E-state index is 13.6. The maximum Gasteiger partial charge on any atom is 0.264 e. The number of anilines is 1. The zero-order valence-electron chi connectivity index (χ0n) is 20.8. The highest BCUT2D eigenvalue weighted by molar-refractivity contribution is 7.92. The summed E-state index contributed by atoms with van der Waals surface area (Å²) in [5.41, 5.74) is 2.53. The number of methoxy groups -OCH3 is 3. The lowest BCUT2D eigenvalue weighted by Gasteiger charge is -2.26. The van der Waals surface area contributed by atoms with Crippen LogP contribution in [0, 0.1) is 13.8 Å². The fourth-order valence-corrected chi connectivity index (χ4v) is 5.31. The molecule has 0 saturated carbocycles. The van der Waals surface area contributed by atoms with Gasteiger partial charge >= 0.3 is 0 Å². The molecular formula is C26H29ClN2O6S. The van der Waals surface area contributed by atoms with Crippen LogP contribution in [0.2, 0.25) is 5.02 Å². The summed E-state index contributed by atoms with van der Waals surface area (Å²) in [7, 11) is 0.422. The van der Waals surface area contributed by atoms with E-state index in [4.69, 9.17) is 25.8 Å². The van der Waals surface area contributed by atoms with E-state index in [9.17, 15) is 13.2 Å². The fourth-order valence-electron chi connectivity index (χ4n) is 3.67. The average molecular weight is 533 g/mol. The van der Waals surface area contributed by atoms with Crippen molar-refractivity contribution in [2.75, 3.05) is 32.2 Å². The molecule has 10 heteroatoms. The lowest BCUT2D eigenvalue weighted by Crippen LogP contribution is -2.41. The molecule has 0 fully saturated rings. The molecule has 3 aromatic rings. The minimum absolute atomic E-state index is 0.0711. The van der Waals surface area contributed by atoms with Crippen molar-refractivity contribution >= 4 is 33.2 Å². The van der Waals surface area contributed by atoms with Gasteiger partial charge in [-0.15, -0.1) is 0 Å². The van der Waals surface area contributed by atoms with Crippen molar-refractivity contribution in [1.82, 2.24) is 5.32 Å². The van der Waals surface area contributed by atoms with Crippen LogP contribution in [0.1, 0.15) is 16.7 Å². The van der Waals surface area contributed by atoms with E-state index in [-0.39, 0.29) is 11.4 Å². The van der Waals surface area contributed by atoms with Gasteiger partial charge in [0, 0.05) is 17.1 Å². The number of hydrogen-bond donors (Lipinski definition) is 1. The van der Waals surface area contributed by atoms with Crippen molar-refractivity contribution in [2.45, 2.75) is 25.3 Å². The van der Waals surface area contributed by atoms with Crippen LogP contribution >= 0.6 is 11.6 Å². The maximum atomic E-state index is 13.6. The van der Waals surface area contributed by atoms with E-state index in [0.717, 1.165) is 9.87 Å². The largest absolute Gasteiger partial charge is 0.493 e. The molecule has 192 valence electrons.